The average Bonchev–Trinajstić information content (AvgIpc) is 3.07. The summed E-state index contributed by atoms with van der Waals surface area (Å²) in [6, 6.07) is 1.87. The maximum Gasteiger partial charge on any atom is 0.287 e. The van der Waals surface area contributed by atoms with Gasteiger partial charge in [0.05, 0.1) is 0 Å². The SMILES string of the molecule is C/N=C(\C=C/CNC(=O)c1nc(C#N)c[nH]1)CN1CCNCC1. The lowest BCUT2D eigenvalue weighted by molar-refractivity contribution is 0.0948. The van der Waals surface area contributed by atoms with Gasteiger partial charge in [-0.2, -0.15) is 5.26 Å². The Labute approximate surface area is 135 Å². The number of carbonyl (C=O) groups is 1. The molecule has 0 aromatic carbocycles. The number of H-pyrrole nitrogens is 1. The van der Waals surface area contributed by atoms with Crippen LogP contribution in [-0.2, 0) is 0 Å². The zero-order chi connectivity index (χ0) is 16.5. The summed E-state index contributed by atoms with van der Waals surface area (Å²) in [4.78, 5) is 24.9. The summed E-state index contributed by atoms with van der Waals surface area (Å²) in [5, 5.41) is 14.7. The molecule has 0 spiro atoms. The monoisotopic (exact) mass is 315 g/mol. The number of rotatable bonds is 6. The number of nitrogens with zero attached hydrogens (tertiary/aromatic N) is 4. The van der Waals surface area contributed by atoms with Gasteiger partial charge in [-0.1, -0.05) is 6.08 Å². The van der Waals surface area contributed by atoms with Gasteiger partial charge in [0.2, 0.25) is 0 Å². The first-order valence-electron chi connectivity index (χ1n) is 7.52. The molecule has 2 rings (SSSR count). The normalized spacial score (nSPS) is 16.4. The molecule has 122 valence electrons. The van der Waals surface area contributed by atoms with Gasteiger partial charge in [0.1, 0.15) is 6.07 Å². The third-order valence-corrected chi connectivity index (χ3v) is 3.48. The summed E-state index contributed by atoms with van der Waals surface area (Å²) in [5.41, 5.74) is 1.17. The van der Waals surface area contributed by atoms with Crippen molar-refractivity contribution in [2.45, 2.75) is 0 Å². The van der Waals surface area contributed by atoms with E-state index in [0.29, 0.717) is 6.54 Å². The van der Waals surface area contributed by atoms with Crippen LogP contribution in [0.2, 0.25) is 0 Å². The van der Waals surface area contributed by atoms with Gasteiger partial charge in [-0.3, -0.25) is 14.7 Å². The molecule has 1 aliphatic heterocycles. The fourth-order valence-corrected chi connectivity index (χ4v) is 2.22. The number of hydrogen-bond acceptors (Lipinski definition) is 6. The largest absolute Gasteiger partial charge is 0.346 e. The minimum Gasteiger partial charge on any atom is -0.346 e. The molecule has 1 aromatic heterocycles. The molecule has 23 heavy (non-hydrogen) atoms. The lowest BCUT2D eigenvalue weighted by atomic mass is 10.2. The lowest BCUT2D eigenvalue weighted by Gasteiger charge is -2.26. The van der Waals surface area contributed by atoms with E-state index >= 15 is 0 Å². The predicted octanol–water partition coefficient (Wildman–Crippen LogP) is -0.457. The molecule has 1 amide bonds. The van der Waals surface area contributed by atoms with Crippen molar-refractivity contribution >= 4 is 11.6 Å². The molecule has 1 saturated heterocycles. The van der Waals surface area contributed by atoms with Crippen molar-refractivity contribution in [1.82, 2.24) is 25.5 Å². The molecule has 1 aromatic rings. The minimum absolute atomic E-state index is 0.139. The number of aromatic nitrogens is 2. The molecule has 3 N–H and O–H groups in total. The number of nitrogens with one attached hydrogen (secondary N) is 3. The number of piperazine rings is 1. The molecule has 8 nitrogen and oxygen atoms in total. The summed E-state index contributed by atoms with van der Waals surface area (Å²) >= 11 is 0. The Morgan fingerprint density at radius 3 is 3.00 bits per heavy atom. The standard InChI is InChI=1S/C15H21N7O/c1-17-12(11-22-7-5-18-6-8-22)3-2-4-19-15(23)14-20-10-13(9-16)21-14/h2-3,10,18H,4-8,11H2,1H3,(H,19,23)(H,20,21)/b3-2-,17-12+. The highest BCUT2D eigenvalue weighted by atomic mass is 16.2. The van der Waals surface area contributed by atoms with Crippen LogP contribution in [0.1, 0.15) is 16.3 Å². The number of aliphatic imine (C=N–C) groups is 1. The fourth-order valence-electron chi connectivity index (χ4n) is 2.22. The third-order valence-electron chi connectivity index (χ3n) is 3.48. The molecule has 0 unspecified atom stereocenters. The second-order valence-electron chi connectivity index (χ2n) is 5.10. The molecule has 0 saturated carbocycles. The molecular weight excluding hydrogens is 294 g/mol. The van der Waals surface area contributed by atoms with Gasteiger partial charge in [0.25, 0.3) is 5.91 Å². The third kappa shape index (κ3) is 5.32. The predicted molar refractivity (Wildman–Crippen MR) is 87.4 cm³/mol. The van der Waals surface area contributed by atoms with E-state index in [9.17, 15) is 4.79 Å². The van der Waals surface area contributed by atoms with Crippen LogP contribution in [0.3, 0.4) is 0 Å². The van der Waals surface area contributed by atoms with Crippen LogP contribution in [0.25, 0.3) is 0 Å². The summed E-state index contributed by atoms with van der Waals surface area (Å²) in [5.74, 6) is -0.201. The van der Waals surface area contributed by atoms with Gasteiger partial charge in [-0.25, -0.2) is 4.98 Å². The second kappa shape index (κ2) is 8.82. The lowest BCUT2D eigenvalue weighted by Crippen LogP contribution is -2.45. The zero-order valence-corrected chi connectivity index (χ0v) is 13.2. The van der Waals surface area contributed by atoms with E-state index in [0.717, 1.165) is 38.4 Å². The maximum absolute atomic E-state index is 11.8. The quantitative estimate of drug-likeness (QED) is 0.616. The first kappa shape index (κ1) is 16.9. The molecule has 1 aliphatic rings. The summed E-state index contributed by atoms with van der Waals surface area (Å²) in [6.45, 7) is 5.23. The highest BCUT2D eigenvalue weighted by Gasteiger charge is 2.11. The number of aromatic amines is 1. The summed E-state index contributed by atoms with van der Waals surface area (Å²) in [6.07, 6.45) is 5.18. The van der Waals surface area contributed by atoms with E-state index in [2.05, 4.69) is 30.5 Å². The van der Waals surface area contributed by atoms with E-state index in [4.69, 9.17) is 5.26 Å². The molecule has 8 heteroatoms. The molecule has 0 aliphatic carbocycles. The Morgan fingerprint density at radius 2 is 2.35 bits per heavy atom. The van der Waals surface area contributed by atoms with E-state index in [-0.39, 0.29) is 17.4 Å². The van der Waals surface area contributed by atoms with Gasteiger partial charge in [0.15, 0.2) is 11.5 Å². The molecule has 0 radical (unpaired) electrons. The van der Waals surface area contributed by atoms with Crippen molar-refractivity contribution in [3.05, 3.63) is 29.9 Å². The van der Waals surface area contributed by atoms with Crippen LogP contribution in [-0.4, -0.2) is 72.8 Å². The Morgan fingerprint density at radius 1 is 1.57 bits per heavy atom. The number of imidazole rings is 1. The Hall–Kier alpha value is -2.50. The van der Waals surface area contributed by atoms with Crippen LogP contribution in [0.5, 0.6) is 0 Å². The van der Waals surface area contributed by atoms with E-state index < -0.39 is 0 Å². The first-order valence-corrected chi connectivity index (χ1v) is 7.52. The minimum atomic E-state index is -0.340. The van der Waals surface area contributed by atoms with Crippen molar-refractivity contribution in [3.63, 3.8) is 0 Å². The molecular formula is C15H21N7O. The second-order valence-corrected chi connectivity index (χ2v) is 5.10. The highest BCUT2D eigenvalue weighted by molar-refractivity contribution is 5.96. The summed E-state index contributed by atoms with van der Waals surface area (Å²) < 4.78 is 0. The van der Waals surface area contributed by atoms with Crippen molar-refractivity contribution in [2.75, 3.05) is 46.3 Å². The topological polar surface area (TPSA) is 109 Å². The van der Waals surface area contributed by atoms with Crippen LogP contribution in [0, 0.1) is 11.3 Å². The Balaban J connectivity index is 1.76. The van der Waals surface area contributed by atoms with Crippen molar-refractivity contribution < 1.29 is 4.79 Å². The van der Waals surface area contributed by atoms with Crippen molar-refractivity contribution in [1.29, 1.82) is 5.26 Å². The number of amides is 1. The smallest absolute Gasteiger partial charge is 0.287 e. The van der Waals surface area contributed by atoms with E-state index in [1.54, 1.807) is 7.05 Å². The highest BCUT2D eigenvalue weighted by Crippen LogP contribution is 1.96. The van der Waals surface area contributed by atoms with E-state index in [1.165, 1.54) is 6.20 Å². The van der Waals surface area contributed by atoms with Crippen LogP contribution in [0.4, 0.5) is 0 Å². The summed E-state index contributed by atoms with van der Waals surface area (Å²) in [7, 11) is 1.77. The van der Waals surface area contributed by atoms with Crippen LogP contribution in [0.15, 0.2) is 23.3 Å². The van der Waals surface area contributed by atoms with Gasteiger partial charge in [-0.15, -0.1) is 0 Å². The van der Waals surface area contributed by atoms with Crippen molar-refractivity contribution in [2.24, 2.45) is 4.99 Å². The maximum atomic E-state index is 11.8. The van der Waals surface area contributed by atoms with Gasteiger partial charge >= 0.3 is 0 Å². The van der Waals surface area contributed by atoms with Gasteiger partial charge in [0, 0.05) is 58.2 Å². The molecule has 0 atom stereocenters. The van der Waals surface area contributed by atoms with E-state index in [1.807, 2.05) is 18.2 Å². The van der Waals surface area contributed by atoms with Crippen LogP contribution < -0.4 is 10.6 Å². The zero-order valence-electron chi connectivity index (χ0n) is 13.2. The number of nitriles is 1. The fraction of sp³-hybridized carbons (Fsp3) is 0.467. The first-order chi connectivity index (χ1) is 11.2. The van der Waals surface area contributed by atoms with Gasteiger partial charge < -0.3 is 15.6 Å². The molecule has 2 heterocycles. The Bertz CT molecular complexity index is 620. The average molecular weight is 315 g/mol. The Kier molecular flexibility index (Phi) is 6.47. The van der Waals surface area contributed by atoms with Crippen LogP contribution >= 0.6 is 0 Å². The number of carbonyl (C=O) groups excluding carboxylic acids is 1. The molecule has 0 bridgehead atoms. The van der Waals surface area contributed by atoms with Gasteiger partial charge in [-0.05, 0) is 6.08 Å². The number of hydrogen-bond donors (Lipinski definition) is 3. The van der Waals surface area contributed by atoms with Crippen molar-refractivity contribution in [3.8, 4) is 6.07 Å². The molecule has 1 fully saturated rings.